The third-order valence-electron chi connectivity index (χ3n) is 5.35. The van der Waals surface area contributed by atoms with E-state index < -0.39 is 0 Å². The third kappa shape index (κ3) is 5.41. The van der Waals surface area contributed by atoms with Crippen LogP contribution in [-0.2, 0) is 0 Å². The van der Waals surface area contributed by atoms with E-state index in [9.17, 15) is 4.79 Å². The molecule has 3 aromatic carbocycles. The zero-order valence-electron chi connectivity index (χ0n) is 19.3. The third-order valence-corrected chi connectivity index (χ3v) is 5.35. The van der Waals surface area contributed by atoms with Crippen LogP contribution in [0.15, 0.2) is 84.0 Å². The molecular formula is C28H27N3O3. The minimum Gasteiger partial charge on any atom is -0.496 e. The van der Waals surface area contributed by atoms with Crippen LogP contribution in [0.2, 0.25) is 0 Å². The molecule has 0 atom stereocenters. The number of nitrogens with one attached hydrogen (secondary N) is 1. The first-order chi connectivity index (χ1) is 16.7. The topological polar surface area (TPSA) is 72.8 Å². The number of unbranched alkanes of at least 4 members (excludes halogenated alkanes) is 1. The van der Waals surface area contributed by atoms with E-state index in [4.69, 9.17) is 14.5 Å². The minimum absolute atomic E-state index is 0.318. The molecular weight excluding hydrogens is 426 g/mol. The number of amides is 1. The zero-order chi connectivity index (χ0) is 23.8. The lowest BCUT2D eigenvalue weighted by Crippen LogP contribution is -2.18. The molecule has 0 aliphatic rings. The summed E-state index contributed by atoms with van der Waals surface area (Å²) in [5.74, 6) is 1.15. The second-order valence-corrected chi connectivity index (χ2v) is 7.75. The van der Waals surface area contributed by atoms with Crippen LogP contribution >= 0.6 is 0 Å². The lowest BCUT2D eigenvalue weighted by molar-refractivity contribution is 0.0956. The van der Waals surface area contributed by atoms with Crippen molar-refractivity contribution in [2.24, 2.45) is 5.10 Å². The molecule has 1 amide bonds. The van der Waals surface area contributed by atoms with Gasteiger partial charge in [0, 0.05) is 10.9 Å². The average molecular weight is 454 g/mol. The maximum atomic E-state index is 13.1. The highest BCUT2D eigenvalue weighted by molar-refractivity contribution is 6.07. The molecule has 6 nitrogen and oxygen atoms in total. The molecule has 4 aromatic rings. The summed E-state index contributed by atoms with van der Waals surface area (Å²) in [7, 11) is 1.62. The van der Waals surface area contributed by atoms with Crippen LogP contribution in [0.4, 0.5) is 0 Å². The number of para-hydroxylation sites is 2. The lowest BCUT2D eigenvalue weighted by atomic mass is 10.0. The van der Waals surface area contributed by atoms with E-state index in [0.29, 0.717) is 23.6 Å². The number of methoxy groups -OCH3 is 1. The molecule has 6 heteroatoms. The highest BCUT2D eigenvalue weighted by Crippen LogP contribution is 2.31. The summed E-state index contributed by atoms with van der Waals surface area (Å²) >= 11 is 0. The van der Waals surface area contributed by atoms with Crippen molar-refractivity contribution in [3.8, 4) is 22.8 Å². The first-order valence-electron chi connectivity index (χ1n) is 11.3. The number of hydrogen-bond donors (Lipinski definition) is 1. The summed E-state index contributed by atoms with van der Waals surface area (Å²) in [5.41, 5.74) is 6.16. The molecule has 1 aromatic heterocycles. The molecule has 0 unspecified atom stereocenters. The number of aromatic nitrogens is 1. The fourth-order valence-corrected chi connectivity index (χ4v) is 3.60. The Kier molecular flexibility index (Phi) is 7.50. The van der Waals surface area contributed by atoms with E-state index >= 15 is 0 Å². The Morgan fingerprint density at radius 3 is 2.71 bits per heavy atom. The van der Waals surface area contributed by atoms with Crippen LogP contribution in [0.3, 0.4) is 0 Å². The Hall–Kier alpha value is -4.19. The smallest absolute Gasteiger partial charge is 0.272 e. The monoisotopic (exact) mass is 453 g/mol. The first kappa shape index (κ1) is 23.0. The van der Waals surface area contributed by atoms with Gasteiger partial charge in [0.2, 0.25) is 0 Å². The highest BCUT2D eigenvalue weighted by atomic mass is 16.5. The van der Waals surface area contributed by atoms with Crippen molar-refractivity contribution in [1.29, 1.82) is 0 Å². The van der Waals surface area contributed by atoms with Gasteiger partial charge >= 0.3 is 0 Å². The second kappa shape index (κ2) is 11.1. The van der Waals surface area contributed by atoms with Crippen LogP contribution in [-0.4, -0.2) is 30.8 Å². The van der Waals surface area contributed by atoms with Gasteiger partial charge in [0.15, 0.2) is 0 Å². The zero-order valence-corrected chi connectivity index (χ0v) is 19.3. The van der Waals surface area contributed by atoms with Crippen molar-refractivity contribution >= 4 is 23.0 Å². The van der Waals surface area contributed by atoms with Crippen molar-refractivity contribution in [3.63, 3.8) is 0 Å². The molecule has 0 saturated carbocycles. The number of benzene rings is 3. The summed E-state index contributed by atoms with van der Waals surface area (Å²) in [5, 5.41) is 4.92. The van der Waals surface area contributed by atoms with E-state index in [1.807, 2.05) is 72.8 Å². The van der Waals surface area contributed by atoms with Gasteiger partial charge in [-0.25, -0.2) is 10.4 Å². The summed E-state index contributed by atoms with van der Waals surface area (Å²) < 4.78 is 11.2. The fraction of sp³-hybridized carbons (Fsp3) is 0.179. The number of nitrogens with zero attached hydrogens (tertiary/aromatic N) is 2. The molecule has 34 heavy (non-hydrogen) atoms. The van der Waals surface area contributed by atoms with Crippen molar-refractivity contribution < 1.29 is 14.3 Å². The quantitative estimate of drug-likeness (QED) is 0.196. The van der Waals surface area contributed by atoms with Crippen molar-refractivity contribution in [3.05, 3.63) is 90.0 Å². The molecule has 0 spiro atoms. The number of hydrazone groups is 1. The molecule has 0 aliphatic heterocycles. The number of hydrogen-bond acceptors (Lipinski definition) is 5. The van der Waals surface area contributed by atoms with Crippen molar-refractivity contribution in [1.82, 2.24) is 10.4 Å². The molecule has 172 valence electrons. The summed E-state index contributed by atoms with van der Waals surface area (Å²) in [6, 6.07) is 24.5. The standard InChI is InChI=1S/C28H27N3O3/c1-3-4-16-34-21-11-9-10-20(17-21)19-29-31-28(32)24-18-26(23-13-6-8-15-27(23)33-2)30-25-14-7-5-12-22(24)25/h5-15,17-19H,3-4,16H2,1-2H3,(H,31,32)/b29-19-. The van der Waals surface area contributed by atoms with Crippen LogP contribution in [0.5, 0.6) is 11.5 Å². The van der Waals surface area contributed by atoms with Gasteiger partial charge in [0.1, 0.15) is 11.5 Å². The lowest BCUT2D eigenvalue weighted by Gasteiger charge is -2.11. The molecule has 1 heterocycles. The van der Waals surface area contributed by atoms with E-state index in [1.165, 1.54) is 0 Å². The minimum atomic E-state index is -0.318. The van der Waals surface area contributed by atoms with E-state index in [2.05, 4.69) is 17.5 Å². The first-order valence-corrected chi connectivity index (χ1v) is 11.3. The Morgan fingerprint density at radius 1 is 1.03 bits per heavy atom. The molecule has 0 radical (unpaired) electrons. The molecule has 0 bridgehead atoms. The van der Waals surface area contributed by atoms with Gasteiger partial charge in [-0.1, -0.05) is 55.8 Å². The predicted octanol–water partition coefficient (Wildman–Crippen LogP) is 5.85. The van der Waals surface area contributed by atoms with Gasteiger partial charge in [0.05, 0.1) is 36.7 Å². The maximum absolute atomic E-state index is 13.1. The van der Waals surface area contributed by atoms with Crippen LogP contribution < -0.4 is 14.9 Å². The Labute approximate surface area is 199 Å². The summed E-state index contributed by atoms with van der Waals surface area (Å²) in [6.45, 7) is 2.80. The van der Waals surface area contributed by atoms with Gasteiger partial charge in [-0.15, -0.1) is 0 Å². The Morgan fingerprint density at radius 2 is 1.85 bits per heavy atom. The van der Waals surface area contributed by atoms with Crippen molar-refractivity contribution in [2.45, 2.75) is 19.8 Å². The molecule has 0 fully saturated rings. The maximum Gasteiger partial charge on any atom is 0.272 e. The Bertz CT molecular complexity index is 1320. The number of carbonyl (C=O) groups is 1. The fourth-order valence-electron chi connectivity index (χ4n) is 3.60. The van der Waals surface area contributed by atoms with Gasteiger partial charge in [-0.05, 0) is 48.4 Å². The predicted molar refractivity (Wildman–Crippen MR) is 136 cm³/mol. The number of carbonyl (C=O) groups excluding carboxylic acids is 1. The molecule has 0 saturated heterocycles. The molecule has 4 rings (SSSR count). The number of fused-ring (bicyclic) bond motifs is 1. The van der Waals surface area contributed by atoms with Crippen LogP contribution in [0, 0.1) is 0 Å². The molecule has 0 aliphatic carbocycles. The normalized spacial score (nSPS) is 11.0. The van der Waals surface area contributed by atoms with Crippen LogP contribution in [0.1, 0.15) is 35.7 Å². The average Bonchev–Trinajstić information content (AvgIpc) is 2.88. The van der Waals surface area contributed by atoms with Gasteiger partial charge in [0.25, 0.3) is 5.91 Å². The summed E-state index contributed by atoms with van der Waals surface area (Å²) in [6.07, 6.45) is 3.69. The van der Waals surface area contributed by atoms with E-state index in [0.717, 1.165) is 40.6 Å². The summed E-state index contributed by atoms with van der Waals surface area (Å²) in [4.78, 5) is 17.9. The van der Waals surface area contributed by atoms with Crippen molar-refractivity contribution in [2.75, 3.05) is 13.7 Å². The van der Waals surface area contributed by atoms with Crippen LogP contribution in [0.25, 0.3) is 22.2 Å². The van der Waals surface area contributed by atoms with Gasteiger partial charge < -0.3 is 9.47 Å². The Balaban J connectivity index is 1.58. The van der Waals surface area contributed by atoms with E-state index in [1.54, 1.807) is 19.4 Å². The van der Waals surface area contributed by atoms with Gasteiger partial charge in [-0.3, -0.25) is 4.79 Å². The SMILES string of the molecule is CCCCOc1cccc(/C=N\NC(=O)c2cc(-c3ccccc3OC)nc3ccccc23)c1. The van der Waals surface area contributed by atoms with Gasteiger partial charge in [-0.2, -0.15) is 5.10 Å². The number of ether oxygens (including phenoxy) is 2. The number of rotatable bonds is 9. The second-order valence-electron chi connectivity index (χ2n) is 7.75. The largest absolute Gasteiger partial charge is 0.496 e. The highest BCUT2D eigenvalue weighted by Gasteiger charge is 2.15. The van der Waals surface area contributed by atoms with E-state index in [-0.39, 0.29) is 5.91 Å². The number of pyridine rings is 1. The molecule has 1 N–H and O–H groups in total.